The molecule has 0 fully saturated rings. The molecule has 1 aromatic carbocycles. The van der Waals surface area contributed by atoms with Crippen LogP contribution < -0.4 is 4.74 Å². The van der Waals surface area contributed by atoms with Crippen molar-refractivity contribution in [2.75, 3.05) is 20.8 Å². The number of hydrogen-bond acceptors (Lipinski definition) is 3. The zero-order chi connectivity index (χ0) is 14.7. The first kappa shape index (κ1) is 14.4. The van der Waals surface area contributed by atoms with E-state index in [1.54, 1.807) is 19.1 Å². The van der Waals surface area contributed by atoms with Crippen LogP contribution in [0.5, 0.6) is 5.75 Å². The minimum atomic E-state index is -0.176. The number of likely N-dealkylation sites (N-methyl/N-ethyl adjacent to an activating group) is 1. The van der Waals surface area contributed by atoms with Gasteiger partial charge in [-0.3, -0.25) is 4.79 Å². The third-order valence-electron chi connectivity index (χ3n) is 3.60. The Hall–Kier alpha value is -2.01. The van der Waals surface area contributed by atoms with E-state index in [2.05, 4.69) is 0 Å². The predicted octanol–water partition coefficient (Wildman–Crippen LogP) is 1.49. The second-order valence-corrected chi connectivity index (χ2v) is 4.90. The fraction of sp³-hybridized carbons (Fsp3) is 0.400. The van der Waals surface area contributed by atoms with Gasteiger partial charge < -0.3 is 19.3 Å². The highest BCUT2D eigenvalue weighted by Crippen LogP contribution is 2.21. The standard InChI is InChI=1S/C15H20N2O3/c1-11(10-18)16(2)15(19)9-17-7-6-12-8-13(20-3)4-5-14(12)17/h4-8,11,18H,9-10H2,1-3H3. The lowest BCUT2D eigenvalue weighted by molar-refractivity contribution is -0.132. The number of amides is 1. The van der Waals surface area contributed by atoms with Crippen molar-refractivity contribution in [3.05, 3.63) is 30.5 Å². The van der Waals surface area contributed by atoms with Crippen LogP contribution in [0.4, 0.5) is 0 Å². The number of carbonyl (C=O) groups excluding carboxylic acids is 1. The van der Waals surface area contributed by atoms with Crippen molar-refractivity contribution in [1.82, 2.24) is 9.47 Å². The third-order valence-corrected chi connectivity index (χ3v) is 3.60. The number of nitrogens with zero attached hydrogens (tertiary/aromatic N) is 2. The summed E-state index contributed by atoms with van der Waals surface area (Å²) in [6.45, 7) is 2.04. The van der Waals surface area contributed by atoms with Crippen molar-refractivity contribution < 1.29 is 14.6 Å². The largest absolute Gasteiger partial charge is 0.497 e. The van der Waals surface area contributed by atoms with Gasteiger partial charge in [0, 0.05) is 24.1 Å². The molecule has 1 N–H and O–H groups in total. The number of aromatic nitrogens is 1. The van der Waals surface area contributed by atoms with Crippen molar-refractivity contribution in [2.24, 2.45) is 0 Å². The lowest BCUT2D eigenvalue weighted by Crippen LogP contribution is -2.39. The van der Waals surface area contributed by atoms with Crippen LogP contribution in [-0.4, -0.2) is 47.3 Å². The number of fused-ring (bicyclic) bond motifs is 1. The Bertz CT molecular complexity index is 606. The van der Waals surface area contributed by atoms with E-state index in [0.29, 0.717) is 0 Å². The maximum absolute atomic E-state index is 12.1. The van der Waals surface area contributed by atoms with E-state index in [4.69, 9.17) is 9.84 Å². The molecule has 0 saturated heterocycles. The van der Waals surface area contributed by atoms with E-state index in [0.717, 1.165) is 16.7 Å². The van der Waals surface area contributed by atoms with E-state index in [-0.39, 0.29) is 25.1 Å². The number of aliphatic hydroxyl groups excluding tert-OH is 1. The van der Waals surface area contributed by atoms with Crippen LogP contribution in [-0.2, 0) is 11.3 Å². The predicted molar refractivity (Wildman–Crippen MR) is 77.8 cm³/mol. The number of carbonyl (C=O) groups is 1. The molecule has 0 aliphatic rings. The molecule has 2 aromatic rings. The summed E-state index contributed by atoms with van der Waals surface area (Å²) in [6, 6.07) is 7.54. The van der Waals surface area contributed by atoms with Gasteiger partial charge in [-0.25, -0.2) is 0 Å². The smallest absolute Gasteiger partial charge is 0.242 e. The van der Waals surface area contributed by atoms with Crippen molar-refractivity contribution in [1.29, 1.82) is 0 Å². The maximum Gasteiger partial charge on any atom is 0.242 e. The van der Waals surface area contributed by atoms with Crippen molar-refractivity contribution >= 4 is 16.8 Å². The van der Waals surface area contributed by atoms with Crippen molar-refractivity contribution in [3.63, 3.8) is 0 Å². The molecule has 1 aromatic heterocycles. The minimum absolute atomic E-state index is 0.0279. The summed E-state index contributed by atoms with van der Waals surface area (Å²) >= 11 is 0. The third kappa shape index (κ3) is 2.77. The number of ether oxygens (including phenoxy) is 1. The van der Waals surface area contributed by atoms with E-state index in [1.807, 2.05) is 42.0 Å². The van der Waals surface area contributed by atoms with Gasteiger partial charge in [0.15, 0.2) is 0 Å². The fourth-order valence-corrected chi connectivity index (χ4v) is 2.07. The lowest BCUT2D eigenvalue weighted by Gasteiger charge is -2.23. The fourth-order valence-electron chi connectivity index (χ4n) is 2.07. The molecule has 108 valence electrons. The summed E-state index contributed by atoms with van der Waals surface area (Å²) < 4.78 is 7.09. The molecule has 1 unspecified atom stereocenters. The SMILES string of the molecule is COc1ccc2c(ccn2CC(=O)N(C)C(C)CO)c1. The molecule has 1 atom stereocenters. The highest BCUT2D eigenvalue weighted by molar-refractivity contribution is 5.84. The highest BCUT2D eigenvalue weighted by atomic mass is 16.5. The Balaban J connectivity index is 2.20. The van der Waals surface area contributed by atoms with Crippen LogP contribution in [0.25, 0.3) is 10.9 Å². The second kappa shape index (κ2) is 5.96. The first-order chi connectivity index (χ1) is 9.56. The Morgan fingerprint density at radius 1 is 1.45 bits per heavy atom. The molecule has 0 aliphatic heterocycles. The molecule has 2 rings (SSSR count). The highest BCUT2D eigenvalue weighted by Gasteiger charge is 2.15. The van der Waals surface area contributed by atoms with Gasteiger partial charge in [0.1, 0.15) is 12.3 Å². The minimum Gasteiger partial charge on any atom is -0.497 e. The van der Waals surface area contributed by atoms with Gasteiger partial charge in [0.2, 0.25) is 5.91 Å². The summed E-state index contributed by atoms with van der Waals surface area (Å²) in [5, 5.41) is 10.1. The topological polar surface area (TPSA) is 54.7 Å². The molecule has 1 heterocycles. The molecule has 5 nitrogen and oxygen atoms in total. The summed E-state index contributed by atoms with van der Waals surface area (Å²) in [6.07, 6.45) is 1.89. The molecule has 1 amide bonds. The number of aliphatic hydroxyl groups is 1. The van der Waals surface area contributed by atoms with E-state index >= 15 is 0 Å². The van der Waals surface area contributed by atoms with Gasteiger partial charge in [-0.05, 0) is 31.2 Å². The van der Waals surface area contributed by atoms with E-state index < -0.39 is 0 Å². The van der Waals surface area contributed by atoms with Crippen LogP contribution in [0.1, 0.15) is 6.92 Å². The van der Waals surface area contributed by atoms with Gasteiger partial charge in [-0.15, -0.1) is 0 Å². The van der Waals surface area contributed by atoms with Gasteiger partial charge >= 0.3 is 0 Å². The second-order valence-electron chi connectivity index (χ2n) is 4.90. The lowest BCUT2D eigenvalue weighted by atomic mass is 10.2. The first-order valence-electron chi connectivity index (χ1n) is 6.56. The molecular formula is C15H20N2O3. The first-order valence-corrected chi connectivity index (χ1v) is 6.56. The Labute approximate surface area is 118 Å². The summed E-state index contributed by atoms with van der Waals surface area (Å²) in [5.74, 6) is 0.771. The van der Waals surface area contributed by atoms with Gasteiger partial charge in [-0.2, -0.15) is 0 Å². The number of benzene rings is 1. The average Bonchev–Trinajstić information content (AvgIpc) is 2.87. The van der Waals surface area contributed by atoms with Crippen LogP contribution >= 0.6 is 0 Å². The normalized spacial score (nSPS) is 12.4. The van der Waals surface area contributed by atoms with Crippen LogP contribution in [0.3, 0.4) is 0 Å². The van der Waals surface area contributed by atoms with Crippen LogP contribution in [0.15, 0.2) is 30.5 Å². The quantitative estimate of drug-likeness (QED) is 0.900. The van der Waals surface area contributed by atoms with Crippen molar-refractivity contribution in [2.45, 2.75) is 19.5 Å². The van der Waals surface area contributed by atoms with E-state index in [1.165, 1.54) is 0 Å². The number of rotatable bonds is 5. The van der Waals surface area contributed by atoms with Gasteiger partial charge in [0.05, 0.1) is 19.8 Å². The molecule has 0 bridgehead atoms. The molecule has 0 aliphatic carbocycles. The molecule has 20 heavy (non-hydrogen) atoms. The summed E-state index contributed by atoms with van der Waals surface area (Å²) in [4.78, 5) is 13.7. The molecule has 0 spiro atoms. The van der Waals surface area contributed by atoms with Crippen LogP contribution in [0.2, 0.25) is 0 Å². The van der Waals surface area contributed by atoms with Crippen molar-refractivity contribution in [3.8, 4) is 5.75 Å². The molecule has 0 radical (unpaired) electrons. The Morgan fingerprint density at radius 3 is 2.85 bits per heavy atom. The summed E-state index contributed by atoms with van der Waals surface area (Å²) in [7, 11) is 3.34. The average molecular weight is 276 g/mol. The van der Waals surface area contributed by atoms with Gasteiger partial charge in [0.25, 0.3) is 0 Å². The van der Waals surface area contributed by atoms with Gasteiger partial charge in [-0.1, -0.05) is 0 Å². The molecule has 0 saturated carbocycles. The zero-order valence-corrected chi connectivity index (χ0v) is 12.0. The molecule has 5 heteroatoms. The summed E-state index contributed by atoms with van der Waals surface area (Å²) in [5.41, 5.74) is 0.990. The maximum atomic E-state index is 12.1. The zero-order valence-electron chi connectivity index (χ0n) is 12.0. The van der Waals surface area contributed by atoms with E-state index in [9.17, 15) is 4.79 Å². The van der Waals surface area contributed by atoms with Crippen LogP contribution in [0, 0.1) is 0 Å². The Kier molecular flexibility index (Phi) is 4.29. The number of hydrogen-bond donors (Lipinski definition) is 1. The molecular weight excluding hydrogens is 256 g/mol. The Morgan fingerprint density at radius 2 is 2.20 bits per heavy atom. The number of methoxy groups -OCH3 is 1. The monoisotopic (exact) mass is 276 g/mol.